The molecule has 5 heteroatoms. The van der Waals surface area contributed by atoms with Gasteiger partial charge >= 0.3 is 6.09 Å². The minimum Gasteiger partial charge on any atom is -0.444 e. The molecule has 0 radical (unpaired) electrons. The van der Waals surface area contributed by atoms with Crippen LogP contribution in [0.25, 0.3) is 0 Å². The molecule has 146 valence electrons. The smallest absolute Gasteiger partial charge is 0.407 e. The summed E-state index contributed by atoms with van der Waals surface area (Å²) in [7, 11) is -1.13. The van der Waals surface area contributed by atoms with Crippen LogP contribution in [0.4, 0.5) is 4.79 Å². The Morgan fingerprint density at radius 3 is 2.35 bits per heavy atom. The molecule has 0 aliphatic heterocycles. The van der Waals surface area contributed by atoms with Gasteiger partial charge in [-0.3, -0.25) is 0 Å². The lowest BCUT2D eigenvalue weighted by Gasteiger charge is -2.19. The van der Waals surface area contributed by atoms with Crippen molar-refractivity contribution in [2.24, 2.45) is 0 Å². The van der Waals surface area contributed by atoms with Crippen LogP contribution in [0.15, 0.2) is 40.1 Å². The first kappa shape index (κ1) is 22.4. The largest absolute Gasteiger partial charge is 0.444 e. The van der Waals surface area contributed by atoms with E-state index in [0.717, 1.165) is 42.6 Å². The van der Waals surface area contributed by atoms with Crippen molar-refractivity contribution in [2.45, 2.75) is 77.2 Å². The summed E-state index contributed by atoms with van der Waals surface area (Å²) >= 11 is 0. The van der Waals surface area contributed by atoms with Crippen LogP contribution in [0.5, 0.6) is 0 Å². The predicted octanol–water partition coefficient (Wildman–Crippen LogP) is 5.48. The van der Waals surface area contributed by atoms with Crippen LogP contribution in [0.3, 0.4) is 0 Å². The molecule has 0 aliphatic rings. The number of rotatable bonds is 9. The zero-order valence-corrected chi connectivity index (χ0v) is 17.6. The molecule has 0 saturated heterocycles. The van der Waals surface area contributed by atoms with Crippen molar-refractivity contribution in [1.82, 2.24) is 5.32 Å². The van der Waals surface area contributed by atoms with Crippen molar-refractivity contribution in [3.63, 3.8) is 0 Å². The van der Waals surface area contributed by atoms with Gasteiger partial charge in [-0.1, -0.05) is 36.6 Å². The quantitative estimate of drug-likeness (QED) is 0.578. The van der Waals surface area contributed by atoms with E-state index in [-0.39, 0.29) is 6.09 Å². The summed E-state index contributed by atoms with van der Waals surface area (Å²) in [5.74, 6) is 0. The second-order valence-electron chi connectivity index (χ2n) is 7.52. The number of nitrogens with one attached hydrogen (secondary N) is 1. The molecule has 1 unspecified atom stereocenters. The van der Waals surface area contributed by atoms with Crippen LogP contribution < -0.4 is 5.32 Å². The van der Waals surface area contributed by atoms with E-state index in [1.54, 1.807) is 0 Å². The van der Waals surface area contributed by atoms with Gasteiger partial charge in [0, 0.05) is 16.8 Å². The summed E-state index contributed by atoms with van der Waals surface area (Å²) in [5.41, 5.74) is 1.87. The van der Waals surface area contributed by atoms with Crippen molar-refractivity contribution in [3.8, 4) is 0 Å². The van der Waals surface area contributed by atoms with Gasteiger partial charge in [-0.05, 0) is 65.5 Å². The molecule has 1 amide bonds. The summed E-state index contributed by atoms with van der Waals surface area (Å²) in [4.78, 5) is 12.5. The van der Waals surface area contributed by atoms with Crippen molar-refractivity contribution in [2.75, 3.05) is 6.54 Å². The first-order chi connectivity index (χ1) is 12.2. The molecule has 0 saturated carbocycles. The standard InChI is InChI=1S/C21H33NO3S/c1-6-7-9-18(10-8-15-22-20(23)25-21(3,4)5)16-26(24)19-13-11-17(2)12-14-19/h11-14,16H,6-10,15H2,1-5H3,(H,22,23)/b18-16+. The molecule has 0 bridgehead atoms. The van der Waals surface area contributed by atoms with Crippen molar-refractivity contribution < 1.29 is 13.7 Å². The highest BCUT2D eigenvalue weighted by Crippen LogP contribution is 2.18. The molecule has 0 aromatic heterocycles. The number of carbonyl (C=O) groups is 1. The maximum Gasteiger partial charge on any atom is 0.407 e. The Morgan fingerprint density at radius 1 is 1.15 bits per heavy atom. The van der Waals surface area contributed by atoms with E-state index in [2.05, 4.69) is 12.2 Å². The molecular formula is C21H33NO3S. The fourth-order valence-corrected chi connectivity index (χ4v) is 3.44. The number of amides is 1. The Balaban J connectivity index is 2.56. The highest BCUT2D eigenvalue weighted by molar-refractivity contribution is 7.88. The molecule has 1 rings (SSSR count). The first-order valence-electron chi connectivity index (χ1n) is 9.35. The van der Waals surface area contributed by atoms with Gasteiger partial charge in [-0.25, -0.2) is 9.00 Å². The number of aryl methyl sites for hydroxylation is 1. The van der Waals surface area contributed by atoms with Crippen molar-refractivity contribution >= 4 is 16.9 Å². The highest BCUT2D eigenvalue weighted by Gasteiger charge is 2.15. The maximum atomic E-state index is 12.6. The van der Waals surface area contributed by atoms with Crippen LogP contribution in [0.2, 0.25) is 0 Å². The predicted molar refractivity (Wildman–Crippen MR) is 109 cm³/mol. The molecule has 0 aliphatic carbocycles. The number of benzene rings is 1. The van der Waals surface area contributed by atoms with Gasteiger partial charge in [0.05, 0.1) is 10.8 Å². The van der Waals surface area contributed by atoms with E-state index in [1.807, 2.05) is 57.4 Å². The van der Waals surface area contributed by atoms with Crippen LogP contribution in [0.1, 0.15) is 65.4 Å². The zero-order chi connectivity index (χ0) is 19.6. The molecule has 0 heterocycles. The summed E-state index contributed by atoms with van der Waals surface area (Å²) in [5, 5.41) is 4.66. The minimum atomic E-state index is -1.13. The molecule has 0 spiro atoms. The van der Waals surface area contributed by atoms with E-state index >= 15 is 0 Å². The van der Waals surface area contributed by atoms with Gasteiger partial charge in [-0.2, -0.15) is 0 Å². The number of ether oxygens (including phenoxy) is 1. The average molecular weight is 380 g/mol. The summed E-state index contributed by atoms with van der Waals surface area (Å²) in [6.45, 7) is 10.3. The van der Waals surface area contributed by atoms with E-state index in [9.17, 15) is 9.00 Å². The number of unbranched alkanes of at least 4 members (excludes halogenated alkanes) is 1. The molecule has 4 nitrogen and oxygen atoms in total. The molecule has 26 heavy (non-hydrogen) atoms. The number of carbonyl (C=O) groups excluding carboxylic acids is 1. The van der Waals surface area contributed by atoms with Gasteiger partial charge in [0.1, 0.15) is 5.60 Å². The Morgan fingerprint density at radius 2 is 1.77 bits per heavy atom. The number of allylic oxidation sites excluding steroid dienone is 1. The normalized spacial score (nSPS) is 13.3. The lowest BCUT2D eigenvalue weighted by molar-refractivity contribution is 0.0527. The SMILES string of the molecule is CCCC/C(=C\S(=O)c1ccc(C)cc1)CCCNC(=O)OC(C)(C)C. The van der Waals surface area contributed by atoms with Gasteiger partial charge < -0.3 is 10.1 Å². The van der Waals surface area contributed by atoms with Gasteiger partial charge in [0.25, 0.3) is 0 Å². The second kappa shape index (κ2) is 11.2. The van der Waals surface area contributed by atoms with E-state index in [0.29, 0.717) is 6.54 Å². The minimum absolute atomic E-state index is 0.389. The van der Waals surface area contributed by atoms with Gasteiger partial charge in [0.15, 0.2) is 0 Å². The molecule has 0 fully saturated rings. The topological polar surface area (TPSA) is 55.4 Å². The number of alkyl carbamates (subject to hydrolysis) is 1. The monoisotopic (exact) mass is 379 g/mol. The third-order valence-electron chi connectivity index (χ3n) is 3.72. The maximum absolute atomic E-state index is 12.6. The summed E-state index contributed by atoms with van der Waals surface area (Å²) in [6.07, 6.45) is 4.37. The first-order valence-corrected chi connectivity index (χ1v) is 10.6. The molecule has 1 aromatic rings. The fourth-order valence-electron chi connectivity index (χ4n) is 2.36. The van der Waals surface area contributed by atoms with Crippen LogP contribution >= 0.6 is 0 Å². The van der Waals surface area contributed by atoms with Gasteiger partial charge in [-0.15, -0.1) is 0 Å². The number of hydrogen-bond acceptors (Lipinski definition) is 3. The van der Waals surface area contributed by atoms with Crippen LogP contribution in [-0.2, 0) is 15.5 Å². The Bertz CT molecular complexity index is 615. The number of hydrogen-bond donors (Lipinski definition) is 1. The summed E-state index contributed by atoms with van der Waals surface area (Å²) in [6, 6.07) is 7.81. The van der Waals surface area contributed by atoms with Crippen molar-refractivity contribution in [1.29, 1.82) is 0 Å². The summed E-state index contributed by atoms with van der Waals surface area (Å²) < 4.78 is 17.8. The Labute approximate surface area is 160 Å². The Hall–Kier alpha value is -1.62. The molecular weight excluding hydrogens is 346 g/mol. The van der Waals surface area contributed by atoms with Crippen LogP contribution in [-0.4, -0.2) is 22.4 Å². The lowest BCUT2D eigenvalue weighted by Crippen LogP contribution is -2.33. The Kier molecular flexibility index (Phi) is 9.63. The van der Waals surface area contributed by atoms with Gasteiger partial charge in [0.2, 0.25) is 0 Å². The molecule has 1 aromatic carbocycles. The zero-order valence-electron chi connectivity index (χ0n) is 16.8. The lowest BCUT2D eigenvalue weighted by atomic mass is 10.1. The molecule has 1 atom stereocenters. The van der Waals surface area contributed by atoms with Crippen LogP contribution in [0, 0.1) is 6.92 Å². The van der Waals surface area contributed by atoms with Crippen molar-refractivity contribution in [3.05, 3.63) is 40.8 Å². The highest BCUT2D eigenvalue weighted by atomic mass is 32.2. The fraction of sp³-hybridized carbons (Fsp3) is 0.571. The van der Waals surface area contributed by atoms with E-state index < -0.39 is 16.4 Å². The molecule has 1 N–H and O–H groups in total. The third kappa shape index (κ3) is 9.76. The third-order valence-corrected chi connectivity index (χ3v) is 5.01. The second-order valence-corrected chi connectivity index (χ2v) is 8.82. The van der Waals surface area contributed by atoms with E-state index in [4.69, 9.17) is 4.74 Å². The average Bonchev–Trinajstić information content (AvgIpc) is 2.55. The van der Waals surface area contributed by atoms with E-state index in [1.165, 1.54) is 5.57 Å².